The van der Waals surface area contributed by atoms with Crippen LogP contribution in [0.2, 0.25) is 0 Å². The molecule has 0 aliphatic rings. The van der Waals surface area contributed by atoms with Crippen molar-refractivity contribution in [1.29, 1.82) is 0 Å². The number of nitro groups is 1. The molecule has 1 rings (SSSR count). The van der Waals surface area contributed by atoms with Gasteiger partial charge in [0.15, 0.2) is 23.3 Å². The average molecular weight is 257 g/mol. The van der Waals surface area contributed by atoms with Gasteiger partial charge < -0.3 is 5.11 Å². The predicted octanol–water partition coefficient (Wildman–Crippen LogP) is 1.69. The zero-order chi connectivity index (χ0) is 13.3. The third-order valence-corrected chi connectivity index (χ3v) is 1.90. The molecule has 0 fully saturated rings. The van der Waals surface area contributed by atoms with Crippen molar-refractivity contribution in [1.82, 2.24) is 0 Å². The summed E-state index contributed by atoms with van der Waals surface area (Å²) in [4.78, 5) is 8.83. The highest BCUT2D eigenvalue weighted by molar-refractivity contribution is 5.26. The van der Waals surface area contributed by atoms with Crippen molar-refractivity contribution in [2.75, 3.05) is 6.54 Å². The summed E-state index contributed by atoms with van der Waals surface area (Å²) in [5.41, 5.74) is -1.61. The van der Waals surface area contributed by atoms with E-state index in [0.29, 0.717) is 0 Å². The van der Waals surface area contributed by atoms with Crippen LogP contribution in [0, 0.1) is 39.2 Å². The number of benzene rings is 1. The summed E-state index contributed by atoms with van der Waals surface area (Å²) in [5.74, 6) is -11.5. The molecule has 0 unspecified atom stereocenters. The molecule has 0 bridgehead atoms. The fourth-order valence-corrected chi connectivity index (χ4v) is 1.15. The van der Waals surface area contributed by atoms with Gasteiger partial charge in [-0.1, -0.05) is 0 Å². The van der Waals surface area contributed by atoms with Crippen molar-refractivity contribution in [2.24, 2.45) is 0 Å². The highest BCUT2D eigenvalue weighted by atomic mass is 19.2. The van der Waals surface area contributed by atoms with Gasteiger partial charge in [0.25, 0.3) is 0 Å². The van der Waals surface area contributed by atoms with Gasteiger partial charge in [0.05, 0.1) is 5.56 Å². The molecule has 0 heterocycles. The van der Waals surface area contributed by atoms with Crippen LogP contribution in [-0.4, -0.2) is 16.6 Å². The molecule has 9 heteroatoms. The van der Waals surface area contributed by atoms with Crippen LogP contribution in [0.3, 0.4) is 0 Å². The average Bonchev–Trinajstić information content (AvgIpc) is 2.23. The molecule has 94 valence electrons. The number of halogens is 5. The maximum atomic E-state index is 13.0. The Hall–Kier alpha value is -1.77. The minimum atomic E-state index is -2.42. The molecule has 0 amide bonds. The summed E-state index contributed by atoms with van der Waals surface area (Å²) in [5, 5.41) is 19.0. The lowest BCUT2D eigenvalue weighted by Gasteiger charge is -2.10. The van der Waals surface area contributed by atoms with Gasteiger partial charge in [-0.05, 0) is 0 Å². The third-order valence-electron chi connectivity index (χ3n) is 1.90. The zero-order valence-corrected chi connectivity index (χ0v) is 7.89. The van der Waals surface area contributed by atoms with Gasteiger partial charge in [-0.2, -0.15) is 0 Å². The molecular weight excluding hydrogens is 253 g/mol. The van der Waals surface area contributed by atoms with Gasteiger partial charge in [0, 0.05) is 4.92 Å². The Bertz CT molecular complexity index is 450. The Morgan fingerprint density at radius 1 is 1.00 bits per heavy atom. The van der Waals surface area contributed by atoms with Crippen LogP contribution in [0.15, 0.2) is 0 Å². The summed E-state index contributed by atoms with van der Waals surface area (Å²) in [6.45, 7) is -1.38. The van der Waals surface area contributed by atoms with Crippen LogP contribution in [-0.2, 0) is 0 Å². The smallest absolute Gasteiger partial charge is 0.233 e. The van der Waals surface area contributed by atoms with Crippen LogP contribution < -0.4 is 0 Å². The highest BCUT2D eigenvalue weighted by Gasteiger charge is 2.31. The van der Waals surface area contributed by atoms with E-state index >= 15 is 0 Å². The fourth-order valence-electron chi connectivity index (χ4n) is 1.15. The van der Waals surface area contributed by atoms with E-state index in [2.05, 4.69) is 0 Å². The highest BCUT2D eigenvalue weighted by Crippen LogP contribution is 2.27. The second-order valence-corrected chi connectivity index (χ2v) is 3.01. The van der Waals surface area contributed by atoms with Crippen molar-refractivity contribution in [3.63, 3.8) is 0 Å². The number of hydrogen-bond acceptors (Lipinski definition) is 3. The maximum absolute atomic E-state index is 13.0. The van der Waals surface area contributed by atoms with E-state index in [-0.39, 0.29) is 0 Å². The summed E-state index contributed by atoms with van der Waals surface area (Å²) in [6.07, 6.45) is -2.42. The molecular formula is C8H4F5NO3. The molecule has 1 atom stereocenters. The van der Waals surface area contributed by atoms with E-state index in [0.717, 1.165) is 0 Å². The van der Waals surface area contributed by atoms with Crippen molar-refractivity contribution >= 4 is 0 Å². The molecule has 0 aliphatic carbocycles. The molecule has 1 aromatic rings. The van der Waals surface area contributed by atoms with Gasteiger partial charge in [-0.3, -0.25) is 10.1 Å². The minimum Gasteiger partial charge on any atom is -0.381 e. The van der Waals surface area contributed by atoms with E-state index in [1.165, 1.54) is 0 Å². The first-order valence-electron chi connectivity index (χ1n) is 4.08. The fraction of sp³-hybridized carbons (Fsp3) is 0.250. The Morgan fingerprint density at radius 2 is 1.35 bits per heavy atom. The first-order valence-corrected chi connectivity index (χ1v) is 4.08. The van der Waals surface area contributed by atoms with E-state index in [1.54, 1.807) is 0 Å². The lowest BCUT2D eigenvalue weighted by atomic mass is 10.1. The molecule has 0 spiro atoms. The van der Waals surface area contributed by atoms with Crippen LogP contribution in [0.1, 0.15) is 11.7 Å². The topological polar surface area (TPSA) is 63.4 Å². The van der Waals surface area contributed by atoms with Crippen LogP contribution in [0.25, 0.3) is 0 Å². The van der Waals surface area contributed by atoms with E-state index in [9.17, 15) is 32.1 Å². The van der Waals surface area contributed by atoms with E-state index in [4.69, 9.17) is 5.11 Å². The van der Waals surface area contributed by atoms with Gasteiger partial charge in [-0.25, -0.2) is 22.0 Å². The SMILES string of the molecule is O=[N+]([O-])C[C@H](O)c1c(F)c(F)c(F)c(F)c1F. The Kier molecular flexibility index (Phi) is 3.61. The quantitative estimate of drug-likeness (QED) is 0.294. The summed E-state index contributed by atoms with van der Waals surface area (Å²) >= 11 is 0. The Labute approximate surface area is 90.4 Å². The summed E-state index contributed by atoms with van der Waals surface area (Å²) < 4.78 is 63.9. The summed E-state index contributed by atoms with van der Waals surface area (Å²) in [6, 6.07) is 0. The molecule has 1 N–H and O–H groups in total. The molecule has 0 aromatic heterocycles. The Morgan fingerprint density at radius 3 is 1.71 bits per heavy atom. The molecule has 4 nitrogen and oxygen atoms in total. The van der Waals surface area contributed by atoms with E-state index in [1.807, 2.05) is 0 Å². The normalized spacial score (nSPS) is 12.6. The molecule has 0 saturated heterocycles. The molecule has 1 aromatic carbocycles. The van der Waals surface area contributed by atoms with E-state index < -0.39 is 52.2 Å². The molecule has 0 radical (unpaired) electrons. The van der Waals surface area contributed by atoms with Crippen LogP contribution in [0.5, 0.6) is 0 Å². The number of aliphatic hydroxyl groups excluding tert-OH is 1. The maximum Gasteiger partial charge on any atom is 0.233 e. The second kappa shape index (κ2) is 4.62. The third kappa shape index (κ3) is 2.33. The predicted molar refractivity (Wildman–Crippen MR) is 43.1 cm³/mol. The molecule has 0 aliphatic heterocycles. The van der Waals surface area contributed by atoms with Gasteiger partial charge >= 0.3 is 0 Å². The van der Waals surface area contributed by atoms with Gasteiger partial charge in [-0.15, -0.1) is 0 Å². The number of hydrogen-bond donors (Lipinski definition) is 1. The van der Waals surface area contributed by atoms with Crippen molar-refractivity contribution in [3.05, 3.63) is 44.8 Å². The lowest BCUT2D eigenvalue weighted by Crippen LogP contribution is -2.17. The van der Waals surface area contributed by atoms with Gasteiger partial charge in [0.1, 0.15) is 6.10 Å². The monoisotopic (exact) mass is 257 g/mol. The van der Waals surface area contributed by atoms with Crippen LogP contribution >= 0.6 is 0 Å². The van der Waals surface area contributed by atoms with Crippen molar-refractivity contribution < 1.29 is 32.0 Å². The zero-order valence-electron chi connectivity index (χ0n) is 7.89. The number of nitrogens with zero attached hydrogens (tertiary/aromatic N) is 1. The standard InChI is InChI=1S/C8H4F5NO3/c9-4-3(2(15)1-14(16)17)5(10)7(12)8(13)6(4)11/h2,15H,1H2/t2-/m0/s1. The number of aliphatic hydroxyl groups is 1. The minimum absolute atomic E-state index is 1.15. The van der Waals surface area contributed by atoms with Crippen LogP contribution in [0.4, 0.5) is 22.0 Å². The molecule has 0 saturated carbocycles. The Balaban J connectivity index is 3.38. The molecule has 17 heavy (non-hydrogen) atoms. The van der Waals surface area contributed by atoms with Crippen molar-refractivity contribution in [3.8, 4) is 0 Å². The summed E-state index contributed by atoms with van der Waals surface area (Å²) in [7, 11) is 0. The van der Waals surface area contributed by atoms with Gasteiger partial charge in [0.2, 0.25) is 12.4 Å². The second-order valence-electron chi connectivity index (χ2n) is 3.01. The first kappa shape index (κ1) is 13.3. The first-order chi connectivity index (χ1) is 7.77. The number of rotatable bonds is 3. The lowest BCUT2D eigenvalue weighted by molar-refractivity contribution is -0.491. The largest absolute Gasteiger partial charge is 0.381 e. The van der Waals surface area contributed by atoms with Crippen molar-refractivity contribution in [2.45, 2.75) is 6.10 Å².